The summed E-state index contributed by atoms with van der Waals surface area (Å²) in [5.74, 6) is 3.71. The molecule has 1 saturated carbocycles. The van der Waals surface area contributed by atoms with E-state index in [1.807, 2.05) is 42.9 Å². The van der Waals surface area contributed by atoms with Gasteiger partial charge in [0.05, 0.1) is 18.5 Å². The summed E-state index contributed by atoms with van der Waals surface area (Å²) in [5, 5.41) is 0. The fourth-order valence-corrected chi connectivity index (χ4v) is 4.11. The van der Waals surface area contributed by atoms with E-state index in [-0.39, 0.29) is 0 Å². The predicted octanol–water partition coefficient (Wildman–Crippen LogP) is 3.26. The third-order valence-corrected chi connectivity index (χ3v) is 5.91. The van der Waals surface area contributed by atoms with Crippen molar-refractivity contribution >= 4 is 5.95 Å². The molecule has 28 heavy (non-hydrogen) atoms. The number of hydrogen-bond acceptors (Lipinski definition) is 6. The number of hydrogen-bond donors (Lipinski definition) is 0. The highest BCUT2D eigenvalue weighted by Gasteiger charge is 2.56. The molecule has 4 heterocycles. The van der Waals surface area contributed by atoms with E-state index in [0.29, 0.717) is 17.8 Å². The summed E-state index contributed by atoms with van der Waals surface area (Å²) >= 11 is 0. The highest BCUT2D eigenvalue weighted by molar-refractivity contribution is 5.58. The van der Waals surface area contributed by atoms with Gasteiger partial charge in [-0.1, -0.05) is 6.92 Å². The number of fused-ring (bicyclic) bond motifs is 1. The molecule has 5 rings (SSSR count). The molecule has 0 amide bonds. The lowest BCUT2D eigenvalue weighted by molar-refractivity contribution is 0.282. The lowest BCUT2D eigenvalue weighted by atomic mass is 10.2. The van der Waals surface area contributed by atoms with Crippen molar-refractivity contribution < 1.29 is 4.74 Å². The predicted molar refractivity (Wildman–Crippen MR) is 107 cm³/mol. The molecule has 2 unspecified atom stereocenters. The first kappa shape index (κ1) is 17.1. The van der Waals surface area contributed by atoms with E-state index in [2.05, 4.69) is 31.8 Å². The fraction of sp³-hybridized carbons (Fsp3) is 0.364. The second-order valence-electron chi connectivity index (χ2n) is 7.57. The maximum atomic E-state index is 6.00. The Morgan fingerprint density at radius 2 is 1.71 bits per heavy atom. The first-order valence-corrected chi connectivity index (χ1v) is 9.87. The molecule has 1 aliphatic carbocycles. The number of piperidine rings is 1. The van der Waals surface area contributed by atoms with Crippen LogP contribution in [0.2, 0.25) is 0 Å². The van der Waals surface area contributed by atoms with Gasteiger partial charge in [-0.2, -0.15) is 0 Å². The maximum Gasteiger partial charge on any atom is 0.225 e. The van der Waals surface area contributed by atoms with Crippen molar-refractivity contribution in [2.75, 3.05) is 24.6 Å². The van der Waals surface area contributed by atoms with Gasteiger partial charge in [0.25, 0.3) is 0 Å². The molecule has 3 aromatic rings. The molecule has 0 spiro atoms. The van der Waals surface area contributed by atoms with E-state index < -0.39 is 0 Å². The summed E-state index contributed by atoms with van der Waals surface area (Å²) in [7, 11) is 0. The van der Waals surface area contributed by atoms with Crippen molar-refractivity contribution in [3.05, 3.63) is 60.8 Å². The van der Waals surface area contributed by atoms with Gasteiger partial charge in [0.2, 0.25) is 5.95 Å². The molecule has 142 valence electrons. The minimum Gasteiger partial charge on any atom is -0.492 e. The first-order valence-electron chi connectivity index (χ1n) is 9.87. The smallest absolute Gasteiger partial charge is 0.225 e. The van der Waals surface area contributed by atoms with Gasteiger partial charge in [0.15, 0.2) is 0 Å². The topological polar surface area (TPSA) is 64.0 Å². The van der Waals surface area contributed by atoms with Crippen LogP contribution in [0.15, 0.2) is 55.2 Å². The normalized spacial score (nSPS) is 22.8. The van der Waals surface area contributed by atoms with Gasteiger partial charge in [0, 0.05) is 49.4 Å². The second kappa shape index (κ2) is 7.19. The van der Waals surface area contributed by atoms with Gasteiger partial charge in [0.1, 0.15) is 5.75 Å². The van der Waals surface area contributed by atoms with Crippen molar-refractivity contribution in [1.82, 2.24) is 19.9 Å². The molecule has 0 aromatic carbocycles. The highest BCUT2D eigenvalue weighted by Crippen LogP contribution is 2.52. The summed E-state index contributed by atoms with van der Waals surface area (Å²) < 4.78 is 6.00. The van der Waals surface area contributed by atoms with Gasteiger partial charge < -0.3 is 9.64 Å². The van der Waals surface area contributed by atoms with Crippen LogP contribution in [0.5, 0.6) is 5.75 Å². The Hall–Kier alpha value is -3.02. The number of pyridine rings is 2. The van der Waals surface area contributed by atoms with Gasteiger partial charge in [-0.15, -0.1) is 0 Å². The van der Waals surface area contributed by atoms with Gasteiger partial charge in [-0.3, -0.25) is 9.97 Å². The van der Waals surface area contributed by atoms with Crippen molar-refractivity contribution in [3.8, 4) is 17.0 Å². The molecule has 1 aliphatic heterocycles. The average Bonchev–Trinajstić information content (AvgIpc) is 3.22. The van der Waals surface area contributed by atoms with E-state index in [0.717, 1.165) is 49.1 Å². The van der Waals surface area contributed by atoms with Gasteiger partial charge >= 0.3 is 0 Å². The number of aromatic nitrogens is 4. The van der Waals surface area contributed by atoms with Crippen LogP contribution in [0.25, 0.3) is 11.3 Å². The third kappa shape index (κ3) is 3.30. The zero-order valence-corrected chi connectivity index (χ0v) is 15.9. The maximum absolute atomic E-state index is 6.00. The molecule has 3 aromatic heterocycles. The molecule has 6 heteroatoms. The average molecular weight is 373 g/mol. The van der Waals surface area contributed by atoms with Crippen LogP contribution >= 0.6 is 0 Å². The van der Waals surface area contributed by atoms with Crippen LogP contribution in [0.4, 0.5) is 5.95 Å². The number of nitrogens with zero attached hydrogens (tertiary/aromatic N) is 5. The van der Waals surface area contributed by atoms with E-state index in [1.165, 1.54) is 5.56 Å². The van der Waals surface area contributed by atoms with Crippen LogP contribution in [-0.2, 0) is 6.42 Å². The summed E-state index contributed by atoms with van der Waals surface area (Å²) in [6.45, 7) is 4.94. The van der Waals surface area contributed by atoms with Crippen molar-refractivity contribution in [1.29, 1.82) is 0 Å². The second-order valence-corrected chi connectivity index (χ2v) is 7.57. The molecular formula is C22H23N5O. The largest absolute Gasteiger partial charge is 0.492 e. The van der Waals surface area contributed by atoms with E-state index in [9.17, 15) is 0 Å². The molecule has 0 N–H and O–H groups in total. The quantitative estimate of drug-likeness (QED) is 0.661. The lowest BCUT2D eigenvalue weighted by Crippen LogP contribution is -2.27. The van der Waals surface area contributed by atoms with Crippen molar-refractivity contribution in [2.45, 2.75) is 13.3 Å². The Morgan fingerprint density at radius 1 is 0.964 bits per heavy atom. The molecule has 1 saturated heterocycles. The zero-order chi connectivity index (χ0) is 18.9. The Bertz CT molecular complexity index is 917. The summed E-state index contributed by atoms with van der Waals surface area (Å²) in [6, 6.07) is 7.91. The summed E-state index contributed by atoms with van der Waals surface area (Å²) in [5.41, 5.74) is 3.18. The standard InChI is InChI=1S/C22H23N5O/c1-2-15-9-25-22(26-10-15)27-12-18-19(13-27)20(18)14-28-17-3-4-21(24-11-17)16-5-7-23-8-6-16/h3-11,18-20H,2,12-14H2,1H3. The third-order valence-electron chi connectivity index (χ3n) is 5.91. The van der Waals surface area contributed by atoms with Crippen LogP contribution < -0.4 is 9.64 Å². The fourth-order valence-electron chi connectivity index (χ4n) is 4.11. The molecular weight excluding hydrogens is 350 g/mol. The Kier molecular flexibility index (Phi) is 4.39. The van der Waals surface area contributed by atoms with Crippen molar-refractivity contribution in [3.63, 3.8) is 0 Å². The highest BCUT2D eigenvalue weighted by atomic mass is 16.5. The zero-order valence-electron chi connectivity index (χ0n) is 15.9. The minimum absolute atomic E-state index is 0.631. The number of rotatable bonds is 6. The SMILES string of the molecule is CCc1cnc(N2CC3C(COc4ccc(-c5ccncc5)nc4)C3C2)nc1. The number of aryl methyl sites for hydroxylation is 1. The summed E-state index contributed by atoms with van der Waals surface area (Å²) in [6.07, 6.45) is 10.2. The molecule has 6 nitrogen and oxygen atoms in total. The number of ether oxygens (including phenoxy) is 1. The number of anilines is 1. The van der Waals surface area contributed by atoms with E-state index in [1.54, 1.807) is 12.4 Å². The Morgan fingerprint density at radius 3 is 2.36 bits per heavy atom. The van der Waals surface area contributed by atoms with Gasteiger partial charge in [-0.25, -0.2) is 9.97 Å². The van der Waals surface area contributed by atoms with Crippen molar-refractivity contribution in [2.24, 2.45) is 17.8 Å². The monoisotopic (exact) mass is 373 g/mol. The van der Waals surface area contributed by atoms with Gasteiger partial charge in [-0.05, 0) is 48.1 Å². The van der Waals surface area contributed by atoms with Crippen LogP contribution in [-0.4, -0.2) is 39.6 Å². The molecule has 2 fully saturated rings. The summed E-state index contributed by atoms with van der Waals surface area (Å²) in [4.78, 5) is 19.9. The lowest BCUT2D eigenvalue weighted by Gasteiger charge is -2.19. The van der Waals surface area contributed by atoms with Crippen LogP contribution in [0, 0.1) is 17.8 Å². The molecule has 2 atom stereocenters. The van der Waals surface area contributed by atoms with E-state index in [4.69, 9.17) is 4.74 Å². The van der Waals surface area contributed by atoms with Crippen LogP contribution in [0.3, 0.4) is 0 Å². The van der Waals surface area contributed by atoms with E-state index >= 15 is 0 Å². The molecule has 0 radical (unpaired) electrons. The Balaban J connectivity index is 1.13. The Labute approximate surface area is 164 Å². The molecule has 2 aliphatic rings. The first-order chi connectivity index (χ1) is 13.8. The van der Waals surface area contributed by atoms with Crippen LogP contribution in [0.1, 0.15) is 12.5 Å². The minimum atomic E-state index is 0.631. The molecule has 0 bridgehead atoms.